The first-order valence-corrected chi connectivity index (χ1v) is 9.82. The van der Waals surface area contributed by atoms with E-state index in [1.54, 1.807) is 0 Å². The first kappa shape index (κ1) is 23.6. The van der Waals surface area contributed by atoms with Gasteiger partial charge in [-0.25, -0.2) is 15.3 Å². The Hall–Kier alpha value is -3.68. The lowest BCUT2D eigenvalue weighted by atomic mass is 10.2. The second-order valence-electron chi connectivity index (χ2n) is 5.98. The molecule has 3 N–H and O–H groups in total. The number of hydrogen-bond donors (Lipinski definition) is 3. The minimum atomic E-state index is -0.773. The average molecular weight is 452 g/mol. The minimum absolute atomic E-state index is 0.0131. The number of nitrogens with zero attached hydrogens (tertiary/aromatic N) is 3. The zero-order valence-corrected chi connectivity index (χ0v) is 17.6. The number of carbonyl (C=O) groups excluding carboxylic acids is 1. The fraction of sp³-hybridized carbons (Fsp3) is 0.353. The molecule has 0 aliphatic rings. The lowest BCUT2D eigenvalue weighted by molar-refractivity contribution is -0.386. The SMILES string of the molecule is CCCOc1c(OC)cc(/C=N/NC(=O)C(C)Sc2n[nH]c(=O)[nH]c2=O)cc1[N+](=O)[O-]. The molecule has 0 spiro atoms. The topological polar surface area (TPSA) is 182 Å². The van der Waals surface area contributed by atoms with E-state index in [0.29, 0.717) is 12.0 Å². The highest BCUT2D eigenvalue weighted by atomic mass is 32.2. The molecule has 166 valence electrons. The summed E-state index contributed by atoms with van der Waals surface area (Å²) in [6.07, 6.45) is 1.87. The number of methoxy groups -OCH3 is 1. The van der Waals surface area contributed by atoms with Crippen molar-refractivity contribution in [2.75, 3.05) is 13.7 Å². The number of rotatable bonds is 10. The van der Waals surface area contributed by atoms with Crippen LogP contribution < -0.4 is 26.1 Å². The number of thioether (sulfide) groups is 1. The van der Waals surface area contributed by atoms with E-state index in [9.17, 15) is 24.5 Å². The van der Waals surface area contributed by atoms with Gasteiger partial charge in [-0.15, -0.1) is 0 Å². The van der Waals surface area contributed by atoms with Crippen molar-refractivity contribution < 1.29 is 19.2 Å². The second kappa shape index (κ2) is 10.9. The minimum Gasteiger partial charge on any atom is -0.493 e. The van der Waals surface area contributed by atoms with Crippen LogP contribution in [0, 0.1) is 10.1 Å². The maximum Gasteiger partial charge on any atom is 0.342 e. The fourth-order valence-corrected chi connectivity index (χ4v) is 2.97. The van der Waals surface area contributed by atoms with Gasteiger partial charge in [-0.05, 0) is 19.4 Å². The number of nitro groups is 1. The number of ether oxygens (including phenoxy) is 2. The number of amides is 1. The van der Waals surface area contributed by atoms with Crippen LogP contribution in [0.1, 0.15) is 25.8 Å². The van der Waals surface area contributed by atoms with Crippen molar-refractivity contribution in [3.8, 4) is 11.5 Å². The van der Waals surface area contributed by atoms with E-state index >= 15 is 0 Å². The van der Waals surface area contributed by atoms with Gasteiger partial charge in [0, 0.05) is 11.6 Å². The lowest BCUT2D eigenvalue weighted by Gasteiger charge is -2.11. The van der Waals surface area contributed by atoms with E-state index in [0.717, 1.165) is 11.8 Å². The number of aromatic amines is 2. The van der Waals surface area contributed by atoms with Crippen LogP contribution in [0.5, 0.6) is 11.5 Å². The predicted octanol–water partition coefficient (Wildman–Crippen LogP) is 0.795. The van der Waals surface area contributed by atoms with Crippen molar-refractivity contribution in [2.45, 2.75) is 30.5 Å². The number of H-pyrrole nitrogens is 2. The average Bonchev–Trinajstić information content (AvgIpc) is 2.73. The maximum absolute atomic E-state index is 12.2. The molecular formula is C17H20N6O7S. The first-order valence-electron chi connectivity index (χ1n) is 8.94. The lowest BCUT2D eigenvalue weighted by Crippen LogP contribution is -2.30. The van der Waals surface area contributed by atoms with Gasteiger partial charge in [-0.1, -0.05) is 18.7 Å². The molecule has 0 aliphatic heterocycles. The molecule has 0 radical (unpaired) electrons. The largest absolute Gasteiger partial charge is 0.493 e. The molecule has 2 rings (SSSR count). The van der Waals surface area contributed by atoms with Crippen LogP contribution in [0.3, 0.4) is 0 Å². The Kier molecular flexibility index (Phi) is 8.31. The smallest absolute Gasteiger partial charge is 0.342 e. The van der Waals surface area contributed by atoms with Gasteiger partial charge in [-0.2, -0.15) is 10.2 Å². The molecule has 1 heterocycles. The summed E-state index contributed by atoms with van der Waals surface area (Å²) >= 11 is 0.818. The highest BCUT2D eigenvalue weighted by Crippen LogP contribution is 2.38. The summed E-state index contributed by atoms with van der Waals surface area (Å²) in [6, 6.07) is 2.72. The molecular weight excluding hydrogens is 432 g/mol. The van der Waals surface area contributed by atoms with Crippen molar-refractivity contribution in [3.63, 3.8) is 0 Å². The van der Waals surface area contributed by atoms with Gasteiger partial charge >= 0.3 is 11.4 Å². The van der Waals surface area contributed by atoms with Crippen LogP contribution in [0.4, 0.5) is 5.69 Å². The third kappa shape index (κ3) is 6.40. The number of aromatic nitrogens is 3. The molecule has 14 heteroatoms. The molecule has 0 saturated carbocycles. The van der Waals surface area contributed by atoms with Crippen LogP contribution in [-0.4, -0.2) is 51.2 Å². The number of hydrogen-bond acceptors (Lipinski definition) is 10. The van der Waals surface area contributed by atoms with E-state index in [1.807, 2.05) is 11.9 Å². The Bertz CT molecular complexity index is 1100. The van der Waals surface area contributed by atoms with Crippen molar-refractivity contribution in [2.24, 2.45) is 5.10 Å². The van der Waals surface area contributed by atoms with E-state index in [2.05, 4.69) is 20.7 Å². The zero-order chi connectivity index (χ0) is 23.0. The van der Waals surface area contributed by atoms with Crippen molar-refractivity contribution in [1.82, 2.24) is 20.6 Å². The summed E-state index contributed by atoms with van der Waals surface area (Å²) in [7, 11) is 1.35. The van der Waals surface area contributed by atoms with Gasteiger partial charge in [0.15, 0.2) is 10.8 Å². The molecule has 1 aromatic carbocycles. The summed E-state index contributed by atoms with van der Waals surface area (Å²) in [6.45, 7) is 3.66. The van der Waals surface area contributed by atoms with Crippen molar-refractivity contribution in [3.05, 3.63) is 48.6 Å². The van der Waals surface area contributed by atoms with Gasteiger partial charge in [0.05, 0.1) is 30.1 Å². The number of hydrazone groups is 1. The molecule has 1 atom stereocenters. The Morgan fingerprint density at radius 1 is 1.45 bits per heavy atom. The van der Waals surface area contributed by atoms with Gasteiger partial charge in [-0.3, -0.25) is 24.7 Å². The van der Waals surface area contributed by atoms with E-state index in [-0.39, 0.29) is 28.8 Å². The zero-order valence-electron chi connectivity index (χ0n) is 16.8. The summed E-state index contributed by atoms with van der Waals surface area (Å²) < 4.78 is 10.6. The predicted molar refractivity (Wildman–Crippen MR) is 112 cm³/mol. The van der Waals surface area contributed by atoms with Gasteiger partial charge in [0.25, 0.3) is 11.5 Å². The maximum atomic E-state index is 12.2. The van der Waals surface area contributed by atoms with Gasteiger partial charge < -0.3 is 9.47 Å². The molecule has 1 amide bonds. The standard InChI is InChI=1S/C17H20N6O7S/c1-4-5-30-13-11(23(27)28)6-10(7-12(13)29-3)8-18-20-14(24)9(2)31-16-15(25)19-17(26)22-21-16/h6-9H,4-5H2,1-3H3,(H,20,24)(H2,19,22,25,26)/b18-8+. The van der Waals surface area contributed by atoms with Crippen molar-refractivity contribution >= 4 is 29.6 Å². The van der Waals surface area contributed by atoms with Crippen LogP contribution >= 0.6 is 11.8 Å². The Morgan fingerprint density at radius 2 is 2.19 bits per heavy atom. The molecule has 0 bridgehead atoms. The molecule has 31 heavy (non-hydrogen) atoms. The van der Waals surface area contributed by atoms with E-state index in [4.69, 9.17) is 9.47 Å². The first-order chi connectivity index (χ1) is 14.8. The van der Waals surface area contributed by atoms with Gasteiger partial charge in [0.2, 0.25) is 5.75 Å². The van der Waals surface area contributed by atoms with Crippen LogP contribution in [-0.2, 0) is 4.79 Å². The molecule has 13 nitrogen and oxygen atoms in total. The van der Waals surface area contributed by atoms with Crippen molar-refractivity contribution in [1.29, 1.82) is 0 Å². The molecule has 0 aliphatic carbocycles. The van der Waals surface area contributed by atoms with Crippen LogP contribution in [0.15, 0.2) is 31.8 Å². The summed E-state index contributed by atoms with van der Waals surface area (Å²) in [4.78, 5) is 47.6. The molecule has 1 aromatic heterocycles. The molecule has 0 fully saturated rings. The van der Waals surface area contributed by atoms with Crippen LogP contribution in [0.25, 0.3) is 0 Å². The summed E-state index contributed by atoms with van der Waals surface area (Å²) in [5.74, 6) is -0.389. The highest BCUT2D eigenvalue weighted by Gasteiger charge is 2.22. The fourth-order valence-electron chi connectivity index (χ4n) is 2.22. The Balaban J connectivity index is 2.12. The Morgan fingerprint density at radius 3 is 2.81 bits per heavy atom. The summed E-state index contributed by atoms with van der Waals surface area (Å²) in [5.41, 5.74) is 0.794. The second-order valence-corrected chi connectivity index (χ2v) is 7.31. The third-order valence-corrected chi connectivity index (χ3v) is 4.72. The van der Waals surface area contributed by atoms with E-state index < -0.39 is 27.3 Å². The summed E-state index contributed by atoms with van der Waals surface area (Å²) in [5, 5.41) is 20.0. The number of benzene rings is 1. The molecule has 1 unspecified atom stereocenters. The number of nitrogens with one attached hydrogen (secondary N) is 3. The van der Waals surface area contributed by atoms with E-state index in [1.165, 1.54) is 32.4 Å². The Labute approximate surface area is 179 Å². The quantitative estimate of drug-likeness (QED) is 0.203. The third-order valence-electron chi connectivity index (χ3n) is 3.65. The van der Waals surface area contributed by atoms with Crippen LogP contribution in [0.2, 0.25) is 0 Å². The molecule has 0 saturated heterocycles. The monoisotopic (exact) mass is 452 g/mol. The number of carbonyl (C=O) groups is 1. The number of nitro benzene ring substituents is 1. The highest BCUT2D eigenvalue weighted by molar-refractivity contribution is 8.00. The normalized spacial score (nSPS) is 11.8. The molecule has 2 aromatic rings. The van der Waals surface area contributed by atoms with Gasteiger partial charge in [0.1, 0.15) is 0 Å².